The Morgan fingerprint density at radius 2 is 2.03 bits per heavy atom. The number of amides is 3. The van der Waals surface area contributed by atoms with Gasteiger partial charge in [0.25, 0.3) is 0 Å². The molecule has 6 nitrogen and oxygen atoms in total. The Balaban J connectivity index is 1.46. The minimum absolute atomic E-state index is 0.0487. The summed E-state index contributed by atoms with van der Waals surface area (Å²) in [5.74, 6) is -0.458. The third-order valence-electron chi connectivity index (χ3n) is 5.71. The van der Waals surface area contributed by atoms with Gasteiger partial charge in [0.2, 0.25) is 17.7 Å². The summed E-state index contributed by atoms with van der Waals surface area (Å²) in [4.78, 5) is 42.0. The lowest BCUT2D eigenvalue weighted by Gasteiger charge is -2.20. The van der Waals surface area contributed by atoms with Crippen molar-refractivity contribution < 1.29 is 14.4 Å². The number of anilines is 3. The number of nitrogens with zero attached hydrogens (tertiary/aromatic N) is 2. The van der Waals surface area contributed by atoms with Gasteiger partial charge in [0.05, 0.1) is 5.92 Å². The van der Waals surface area contributed by atoms with E-state index in [1.807, 2.05) is 60.5 Å². The number of thioether (sulfide) groups is 1. The third-order valence-corrected chi connectivity index (χ3v) is 6.43. The van der Waals surface area contributed by atoms with Gasteiger partial charge in [-0.2, -0.15) is 0 Å². The Hall–Kier alpha value is -2.80. The molecule has 0 saturated carbocycles. The van der Waals surface area contributed by atoms with Gasteiger partial charge < -0.3 is 15.1 Å². The van der Waals surface area contributed by atoms with Crippen LogP contribution in [0.15, 0.2) is 47.4 Å². The minimum atomic E-state index is -0.387. The summed E-state index contributed by atoms with van der Waals surface area (Å²) >= 11 is 1.62. The Labute approximate surface area is 180 Å². The lowest BCUT2D eigenvalue weighted by Crippen LogP contribution is -2.28. The average Bonchev–Trinajstić information content (AvgIpc) is 3.36. The molecule has 4 rings (SSSR count). The van der Waals surface area contributed by atoms with E-state index < -0.39 is 0 Å². The number of hydrogen-bond acceptors (Lipinski definition) is 4. The van der Waals surface area contributed by atoms with Crippen LogP contribution in [0.2, 0.25) is 0 Å². The van der Waals surface area contributed by atoms with E-state index >= 15 is 0 Å². The van der Waals surface area contributed by atoms with E-state index in [1.54, 1.807) is 16.7 Å². The molecule has 2 heterocycles. The van der Waals surface area contributed by atoms with E-state index in [0.29, 0.717) is 19.5 Å². The predicted octanol–water partition coefficient (Wildman–Crippen LogP) is 3.70. The Morgan fingerprint density at radius 3 is 2.80 bits per heavy atom. The molecule has 1 unspecified atom stereocenters. The summed E-state index contributed by atoms with van der Waals surface area (Å²) in [6.45, 7) is 2.91. The fraction of sp³-hybridized carbons (Fsp3) is 0.348. The number of benzene rings is 2. The van der Waals surface area contributed by atoms with Crippen molar-refractivity contribution in [1.82, 2.24) is 0 Å². The third kappa shape index (κ3) is 3.94. The van der Waals surface area contributed by atoms with Gasteiger partial charge >= 0.3 is 0 Å². The Morgan fingerprint density at radius 1 is 1.20 bits per heavy atom. The molecule has 0 radical (unpaired) electrons. The summed E-state index contributed by atoms with van der Waals surface area (Å²) < 4.78 is 0. The number of carbonyl (C=O) groups is 3. The molecule has 2 aromatic carbocycles. The fourth-order valence-corrected chi connectivity index (χ4v) is 4.54. The van der Waals surface area contributed by atoms with Crippen LogP contribution in [-0.2, 0) is 20.8 Å². The van der Waals surface area contributed by atoms with Crippen molar-refractivity contribution in [3.63, 3.8) is 0 Å². The van der Waals surface area contributed by atoms with Crippen molar-refractivity contribution >= 4 is 46.5 Å². The first-order valence-corrected chi connectivity index (χ1v) is 11.4. The summed E-state index contributed by atoms with van der Waals surface area (Å²) in [6.07, 6.45) is 3.45. The Bertz CT molecular complexity index is 1010. The van der Waals surface area contributed by atoms with E-state index in [9.17, 15) is 14.4 Å². The van der Waals surface area contributed by atoms with Gasteiger partial charge in [0.15, 0.2) is 0 Å². The van der Waals surface area contributed by atoms with E-state index in [4.69, 9.17) is 0 Å². The highest BCUT2D eigenvalue weighted by molar-refractivity contribution is 7.98. The van der Waals surface area contributed by atoms with E-state index in [0.717, 1.165) is 33.9 Å². The zero-order valence-corrected chi connectivity index (χ0v) is 18.0. The molecule has 30 heavy (non-hydrogen) atoms. The van der Waals surface area contributed by atoms with Gasteiger partial charge in [0.1, 0.15) is 0 Å². The molecule has 1 N–H and O–H groups in total. The maximum absolute atomic E-state index is 12.7. The zero-order chi connectivity index (χ0) is 21.3. The number of hydrogen-bond donors (Lipinski definition) is 1. The molecule has 2 aromatic rings. The van der Waals surface area contributed by atoms with E-state index in [1.165, 1.54) is 0 Å². The average molecular weight is 424 g/mol. The van der Waals surface area contributed by atoms with Crippen LogP contribution >= 0.6 is 11.8 Å². The maximum Gasteiger partial charge on any atom is 0.229 e. The van der Waals surface area contributed by atoms with E-state index in [-0.39, 0.29) is 30.1 Å². The molecule has 2 aliphatic heterocycles. The molecule has 3 amide bonds. The van der Waals surface area contributed by atoms with Crippen LogP contribution in [0.3, 0.4) is 0 Å². The van der Waals surface area contributed by atoms with E-state index in [2.05, 4.69) is 5.32 Å². The molecule has 0 spiro atoms. The summed E-state index contributed by atoms with van der Waals surface area (Å²) in [5, 5.41) is 2.94. The highest BCUT2D eigenvalue weighted by Crippen LogP contribution is 2.34. The number of fused-ring (bicyclic) bond motifs is 1. The van der Waals surface area contributed by atoms with Crippen molar-refractivity contribution in [3.05, 3.63) is 48.0 Å². The van der Waals surface area contributed by atoms with Crippen LogP contribution < -0.4 is 15.1 Å². The SMILES string of the molecule is CCC(=O)N1CCc2cc(N3CC(C(=O)Nc4cccc(SC)c4)CC3=O)ccc21. The van der Waals surface area contributed by atoms with Gasteiger partial charge in [0, 0.05) is 47.9 Å². The van der Waals surface area contributed by atoms with Crippen LogP contribution in [0.1, 0.15) is 25.3 Å². The van der Waals surface area contributed by atoms with Gasteiger partial charge in [-0.15, -0.1) is 11.8 Å². The van der Waals surface area contributed by atoms with Crippen LogP contribution in [0, 0.1) is 5.92 Å². The highest BCUT2D eigenvalue weighted by Gasteiger charge is 2.36. The lowest BCUT2D eigenvalue weighted by atomic mass is 10.1. The molecule has 1 fully saturated rings. The molecule has 1 saturated heterocycles. The van der Waals surface area contributed by atoms with Gasteiger partial charge in [-0.05, 0) is 54.6 Å². The number of nitrogens with one attached hydrogen (secondary N) is 1. The highest BCUT2D eigenvalue weighted by atomic mass is 32.2. The lowest BCUT2D eigenvalue weighted by molar-refractivity contribution is -0.122. The smallest absolute Gasteiger partial charge is 0.229 e. The largest absolute Gasteiger partial charge is 0.326 e. The first kappa shape index (κ1) is 20.5. The second-order valence-electron chi connectivity index (χ2n) is 7.59. The number of carbonyl (C=O) groups excluding carboxylic acids is 3. The molecule has 0 aromatic heterocycles. The van der Waals surface area contributed by atoms with Gasteiger partial charge in [-0.25, -0.2) is 0 Å². The van der Waals surface area contributed by atoms with Gasteiger partial charge in [-0.3, -0.25) is 14.4 Å². The van der Waals surface area contributed by atoms with Crippen molar-refractivity contribution in [2.45, 2.75) is 31.1 Å². The topological polar surface area (TPSA) is 69.7 Å². The fourth-order valence-electron chi connectivity index (χ4n) is 4.08. The quantitative estimate of drug-likeness (QED) is 0.745. The first-order chi connectivity index (χ1) is 14.5. The molecular formula is C23H25N3O3S. The van der Waals surface area contributed by atoms with Crippen LogP contribution in [-0.4, -0.2) is 37.1 Å². The second kappa shape index (κ2) is 8.52. The van der Waals surface area contributed by atoms with Crippen molar-refractivity contribution in [1.29, 1.82) is 0 Å². The summed E-state index contributed by atoms with van der Waals surface area (Å²) in [5.41, 5.74) is 3.55. The predicted molar refractivity (Wildman–Crippen MR) is 120 cm³/mol. The normalized spacial score (nSPS) is 17.9. The van der Waals surface area contributed by atoms with Crippen molar-refractivity contribution in [2.24, 2.45) is 5.92 Å². The molecule has 156 valence electrons. The summed E-state index contributed by atoms with van der Waals surface area (Å²) in [6, 6.07) is 13.5. The maximum atomic E-state index is 12.7. The van der Waals surface area contributed by atoms with Crippen LogP contribution in [0.5, 0.6) is 0 Å². The zero-order valence-electron chi connectivity index (χ0n) is 17.2. The van der Waals surface area contributed by atoms with Crippen LogP contribution in [0.25, 0.3) is 0 Å². The molecule has 7 heteroatoms. The molecular weight excluding hydrogens is 398 g/mol. The standard InChI is InChI=1S/C23H25N3O3S/c1-3-21(27)25-10-9-15-11-18(7-8-20(15)25)26-14-16(12-22(26)28)23(29)24-17-5-4-6-19(13-17)30-2/h4-8,11,13,16H,3,9-10,12,14H2,1-2H3,(H,24,29). The van der Waals surface area contributed by atoms with Crippen molar-refractivity contribution in [2.75, 3.05) is 34.5 Å². The monoisotopic (exact) mass is 423 g/mol. The molecule has 0 bridgehead atoms. The van der Waals surface area contributed by atoms with Crippen LogP contribution in [0.4, 0.5) is 17.1 Å². The minimum Gasteiger partial charge on any atom is -0.326 e. The molecule has 1 atom stereocenters. The Kier molecular flexibility index (Phi) is 5.81. The summed E-state index contributed by atoms with van der Waals surface area (Å²) in [7, 11) is 0. The van der Waals surface area contributed by atoms with Crippen molar-refractivity contribution in [3.8, 4) is 0 Å². The first-order valence-electron chi connectivity index (χ1n) is 10.2. The molecule has 0 aliphatic carbocycles. The second-order valence-corrected chi connectivity index (χ2v) is 8.47. The number of rotatable bonds is 5. The molecule has 2 aliphatic rings. The van der Waals surface area contributed by atoms with Gasteiger partial charge in [-0.1, -0.05) is 13.0 Å².